The van der Waals surface area contributed by atoms with Gasteiger partial charge in [0.2, 0.25) is 5.78 Å². The van der Waals surface area contributed by atoms with Gasteiger partial charge in [-0.2, -0.15) is 0 Å². The third-order valence-corrected chi connectivity index (χ3v) is 7.62. The Kier molecular flexibility index (Phi) is 5.61. The molecule has 0 amide bonds. The molecule has 1 unspecified atom stereocenters. The number of aryl methyl sites for hydroxylation is 1. The van der Waals surface area contributed by atoms with Gasteiger partial charge in [-0.25, -0.2) is 4.68 Å². The Morgan fingerprint density at radius 1 is 1.09 bits per heavy atom. The number of halogens is 2. The molecule has 0 radical (unpaired) electrons. The highest BCUT2D eigenvalue weighted by molar-refractivity contribution is 6.53. The van der Waals surface area contributed by atoms with E-state index in [4.69, 9.17) is 27.9 Å². The van der Waals surface area contributed by atoms with Gasteiger partial charge in [0, 0.05) is 30.4 Å². The van der Waals surface area contributed by atoms with Crippen LogP contribution in [0.5, 0.6) is 0 Å². The molecule has 7 nitrogen and oxygen atoms in total. The Labute approximate surface area is 201 Å². The summed E-state index contributed by atoms with van der Waals surface area (Å²) in [7, 11) is 1.82. The van der Waals surface area contributed by atoms with Crippen molar-refractivity contribution in [2.45, 2.75) is 38.4 Å². The van der Waals surface area contributed by atoms with Crippen molar-refractivity contribution in [3.8, 4) is 11.4 Å². The average Bonchev–Trinajstić information content (AvgIpc) is 3.04. The molecular weight excluding hydrogens is 465 g/mol. The van der Waals surface area contributed by atoms with Crippen molar-refractivity contribution in [3.63, 3.8) is 0 Å². The number of nitrogens with zero attached hydrogens (tertiary/aromatic N) is 3. The number of carbonyl (C=O) groups is 2. The molecule has 1 saturated carbocycles. The Balaban J connectivity index is 1.66. The lowest BCUT2D eigenvalue weighted by Crippen LogP contribution is -2.24. The third-order valence-electron chi connectivity index (χ3n) is 6.52. The van der Waals surface area contributed by atoms with E-state index in [1.54, 1.807) is 33.8 Å². The van der Waals surface area contributed by atoms with Gasteiger partial charge in [0.25, 0.3) is 5.56 Å². The summed E-state index contributed by atoms with van der Waals surface area (Å²) in [6, 6.07) is 11.1. The number of benzene rings is 1. The quantitative estimate of drug-likeness (QED) is 0.295. The van der Waals surface area contributed by atoms with E-state index in [9.17, 15) is 14.4 Å². The smallest absolute Gasteiger partial charge is 0.315 e. The van der Waals surface area contributed by atoms with Gasteiger partial charge in [-0.15, -0.1) is 23.2 Å². The number of ketones is 1. The molecule has 33 heavy (non-hydrogen) atoms. The van der Waals surface area contributed by atoms with Gasteiger partial charge in [-0.05, 0) is 45.9 Å². The largest absolute Gasteiger partial charge is 0.457 e. The summed E-state index contributed by atoms with van der Waals surface area (Å²) in [5.74, 6) is -0.960. The standard InChI is InChI=1S/C24H25Cl2N3O4/c1-14-11-18(19(30)12-33-22(32)23(4)13-24(23,25)26)15(2)28(14)20-16(3)27(5)29(21(20)31)17-9-7-6-8-10-17/h6-11H,12-13H2,1-5H3. The lowest BCUT2D eigenvalue weighted by Gasteiger charge is -2.11. The molecule has 174 valence electrons. The minimum Gasteiger partial charge on any atom is -0.457 e. The lowest BCUT2D eigenvalue weighted by atomic mass is 10.1. The maximum absolute atomic E-state index is 13.4. The van der Waals surface area contributed by atoms with Crippen LogP contribution in [0, 0.1) is 26.2 Å². The molecule has 0 N–H and O–H groups in total. The number of esters is 1. The number of hydrogen-bond acceptors (Lipinski definition) is 4. The number of Topliss-reactive ketones (excluding diaryl/α,β-unsaturated/α-hetero) is 1. The molecule has 0 aliphatic heterocycles. The molecule has 1 aliphatic carbocycles. The molecule has 1 aromatic carbocycles. The van der Waals surface area contributed by atoms with Crippen LogP contribution >= 0.6 is 23.2 Å². The van der Waals surface area contributed by atoms with Gasteiger partial charge in [0.1, 0.15) is 15.4 Å². The van der Waals surface area contributed by atoms with Crippen LogP contribution in [-0.4, -0.2) is 36.6 Å². The number of aromatic nitrogens is 3. The fourth-order valence-corrected chi connectivity index (χ4v) is 4.88. The zero-order valence-electron chi connectivity index (χ0n) is 19.1. The zero-order chi connectivity index (χ0) is 24.3. The van der Waals surface area contributed by atoms with Crippen molar-refractivity contribution >= 4 is 35.0 Å². The number of ether oxygens (including phenoxy) is 1. The third kappa shape index (κ3) is 3.63. The summed E-state index contributed by atoms with van der Waals surface area (Å²) in [5, 5.41) is 0. The Bertz CT molecular complexity index is 1330. The molecule has 0 saturated heterocycles. The highest BCUT2D eigenvalue weighted by Gasteiger charge is 2.69. The van der Waals surface area contributed by atoms with Crippen LogP contribution < -0.4 is 5.56 Å². The molecule has 9 heteroatoms. The molecule has 4 rings (SSSR count). The highest BCUT2D eigenvalue weighted by atomic mass is 35.5. The van der Waals surface area contributed by atoms with Crippen molar-refractivity contribution in [2.24, 2.45) is 12.5 Å². The topological polar surface area (TPSA) is 75.2 Å². The molecule has 1 fully saturated rings. The second-order valence-electron chi connectivity index (χ2n) is 8.74. The second-order valence-corrected chi connectivity index (χ2v) is 10.2. The summed E-state index contributed by atoms with van der Waals surface area (Å²) in [4.78, 5) is 38.7. The lowest BCUT2D eigenvalue weighted by molar-refractivity contribution is -0.148. The van der Waals surface area contributed by atoms with Gasteiger partial charge in [-0.3, -0.25) is 19.1 Å². The van der Waals surface area contributed by atoms with Crippen molar-refractivity contribution < 1.29 is 14.3 Å². The number of hydrogen-bond donors (Lipinski definition) is 0. The molecular formula is C24H25Cl2N3O4. The van der Waals surface area contributed by atoms with Crippen LogP contribution in [0.3, 0.4) is 0 Å². The summed E-state index contributed by atoms with van der Waals surface area (Å²) >= 11 is 12.0. The monoisotopic (exact) mass is 489 g/mol. The Morgan fingerprint density at radius 3 is 2.27 bits per heavy atom. The summed E-state index contributed by atoms with van der Waals surface area (Å²) < 4.78 is 9.22. The molecule has 0 spiro atoms. The summed E-state index contributed by atoms with van der Waals surface area (Å²) in [6.07, 6.45) is 0.283. The minimum absolute atomic E-state index is 0.198. The van der Waals surface area contributed by atoms with Crippen LogP contribution in [0.1, 0.15) is 40.8 Å². The summed E-state index contributed by atoms with van der Waals surface area (Å²) in [6.45, 7) is 6.64. The maximum Gasteiger partial charge on any atom is 0.315 e. The van der Waals surface area contributed by atoms with Crippen LogP contribution in [0.4, 0.5) is 0 Å². The molecule has 3 aromatic rings. The summed E-state index contributed by atoms with van der Waals surface area (Å²) in [5.41, 5.74) is 2.47. The van der Waals surface area contributed by atoms with Crippen LogP contribution in [0.2, 0.25) is 0 Å². The first-order valence-corrected chi connectivity index (χ1v) is 11.3. The number of alkyl halides is 2. The molecule has 2 heterocycles. The Hall–Kier alpha value is -2.77. The molecule has 1 atom stereocenters. The van der Waals surface area contributed by atoms with Crippen LogP contribution in [-0.2, 0) is 16.6 Å². The molecule has 1 aliphatic rings. The van der Waals surface area contributed by atoms with E-state index in [0.717, 1.165) is 17.1 Å². The fraction of sp³-hybridized carbons (Fsp3) is 0.375. The van der Waals surface area contributed by atoms with Gasteiger partial charge >= 0.3 is 5.97 Å². The first-order chi connectivity index (χ1) is 15.4. The number of para-hydroxylation sites is 1. The van der Waals surface area contributed by atoms with Crippen molar-refractivity contribution in [1.82, 2.24) is 13.9 Å². The van der Waals surface area contributed by atoms with Crippen molar-refractivity contribution in [1.29, 1.82) is 0 Å². The van der Waals surface area contributed by atoms with Crippen molar-refractivity contribution in [2.75, 3.05) is 6.61 Å². The van der Waals surface area contributed by atoms with Crippen LogP contribution in [0.15, 0.2) is 41.2 Å². The average molecular weight is 490 g/mol. The maximum atomic E-state index is 13.4. The van der Waals surface area contributed by atoms with Gasteiger partial charge < -0.3 is 9.30 Å². The van der Waals surface area contributed by atoms with E-state index >= 15 is 0 Å². The van der Waals surface area contributed by atoms with Gasteiger partial charge in [0.15, 0.2) is 6.61 Å². The number of rotatable bonds is 6. The molecule has 2 aromatic heterocycles. The Morgan fingerprint density at radius 2 is 1.70 bits per heavy atom. The van der Waals surface area contributed by atoms with Crippen molar-refractivity contribution in [3.05, 3.63) is 69.4 Å². The first kappa shape index (κ1) is 23.4. The second kappa shape index (κ2) is 7.92. The van der Waals surface area contributed by atoms with E-state index in [2.05, 4.69) is 0 Å². The van der Waals surface area contributed by atoms with E-state index in [0.29, 0.717) is 16.9 Å². The highest BCUT2D eigenvalue weighted by Crippen LogP contribution is 2.64. The first-order valence-electron chi connectivity index (χ1n) is 10.5. The van der Waals surface area contributed by atoms with E-state index in [-0.39, 0.29) is 17.8 Å². The minimum atomic E-state index is -1.16. The fourth-order valence-electron chi connectivity index (χ4n) is 4.19. The number of carbonyl (C=O) groups excluding carboxylic acids is 2. The SMILES string of the molecule is Cc1cc(C(=O)COC(=O)C2(C)CC2(Cl)Cl)c(C)n1-c1c(C)n(C)n(-c2ccccc2)c1=O. The van der Waals surface area contributed by atoms with E-state index < -0.39 is 22.3 Å². The van der Waals surface area contributed by atoms with E-state index in [1.165, 1.54) is 0 Å². The normalized spacial score (nSPS) is 18.9. The van der Waals surface area contributed by atoms with E-state index in [1.807, 2.05) is 51.2 Å². The predicted molar refractivity (Wildman–Crippen MR) is 127 cm³/mol. The predicted octanol–water partition coefficient (Wildman–Crippen LogP) is 4.20. The zero-order valence-corrected chi connectivity index (χ0v) is 20.6. The van der Waals surface area contributed by atoms with Gasteiger partial charge in [0.05, 0.1) is 11.4 Å². The van der Waals surface area contributed by atoms with Gasteiger partial charge in [-0.1, -0.05) is 18.2 Å². The van der Waals surface area contributed by atoms with Crippen LogP contribution in [0.25, 0.3) is 11.4 Å². The molecule has 0 bridgehead atoms.